The number of carbonyl (C=O) groups excluding carboxylic acids is 2. The third-order valence-electron chi connectivity index (χ3n) is 4.58. The topological polar surface area (TPSA) is 114 Å². The Morgan fingerprint density at radius 2 is 1.83 bits per heavy atom. The molecule has 1 aromatic heterocycles. The number of alkyl halides is 3. The van der Waals surface area contributed by atoms with Crippen molar-refractivity contribution in [2.24, 2.45) is 0 Å². The molecule has 0 bridgehead atoms. The van der Waals surface area contributed by atoms with Crippen LogP contribution in [-0.2, 0) is 15.7 Å². The number of carbonyl (C=O) groups is 2. The smallest absolute Gasteiger partial charge is 0.451 e. The number of para-hydroxylation sites is 1. The van der Waals surface area contributed by atoms with Crippen molar-refractivity contribution < 1.29 is 32.2 Å². The van der Waals surface area contributed by atoms with Crippen LogP contribution in [0.1, 0.15) is 24.2 Å². The number of hydrazine groups is 1. The summed E-state index contributed by atoms with van der Waals surface area (Å²) in [4.78, 5) is 30.7. The SMILES string of the molecule is Cc1cccc(OCCCOC(=O)CCNC(=O)NNc2nc(C(F)(F)F)nc3ccccc23)c1. The standard InChI is InChI=1S/C23H24F3N5O4/c1-15-6-4-7-16(14-15)34-12-5-13-35-19(32)10-11-27-22(33)31-30-20-17-8-2-3-9-18(17)28-21(29-20)23(24,25)26/h2-4,6-9,14H,5,10-13H2,1H3,(H2,27,31,33)(H,28,29,30). The molecular weight excluding hydrogens is 467 g/mol. The molecule has 1 heterocycles. The Balaban J connectivity index is 1.36. The number of ether oxygens (including phenoxy) is 2. The largest absolute Gasteiger partial charge is 0.493 e. The second kappa shape index (κ2) is 11.9. The molecule has 186 valence electrons. The van der Waals surface area contributed by atoms with Crippen LogP contribution in [0, 0.1) is 6.92 Å². The normalized spacial score (nSPS) is 11.1. The van der Waals surface area contributed by atoms with Crippen molar-refractivity contribution >= 4 is 28.7 Å². The van der Waals surface area contributed by atoms with Gasteiger partial charge >= 0.3 is 18.2 Å². The molecule has 0 radical (unpaired) electrons. The molecule has 0 fully saturated rings. The van der Waals surface area contributed by atoms with Crippen LogP contribution in [0.3, 0.4) is 0 Å². The average molecular weight is 491 g/mol. The minimum absolute atomic E-state index is 0.0372. The van der Waals surface area contributed by atoms with Gasteiger partial charge in [-0.2, -0.15) is 13.2 Å². The van der Waals surface area contributed by atoms with Crippen LogP contribution in [0.2, 0.25) is 0 Å². The summed E-state index contributed by atoms with van der Waals surface area (Å²) in [6, 6.07) is 12.9. The van der Waals surface area contributed by atoms with Gasteiger partial charge in [0.2, 0.25) is 5.82 Å². The third-order valence-corrected chi connectivity index (χ3v) is 4.58. The highest BCUT2D eigenvalue weighted by Crippen LogP contribution is 2.29. The molecule has 0 aliphatic carbocycles. The number of halogens is 3. The summed E-state index contributed by atoms with van der Waals surface area (Å²) in [7, 11) is 0. The van der Waals surface area contributed by atoms with Crippen molar-refractivity contribution in [2.75, 3.05) is 25.2 Å². The Bertz CT molecular complexity index is 1170. The van der Waals surface area contributed by atoms with Gasteiger partial charge in [-0.25, -0.2) is 14.8 Å². The Morgan fingerprint density at radius 3 is 2.60 bits per heavy atom. The van der Waals surface area contributed by atoms with Crippen molar-refractivity contribution in [3.8, 4) is 5.75 Å². The van der Waals surface area contributed by atoms with Gasteiger partial charge in [0.15, 0.2) is 5.82 Å². The van der Waals surface area contributed by atoms with E-state index in [4.69, 9.17) is 9.47 Å². The van der Waals surface area contributed by atoms with Crippen LogP contribution in [0.5, 0.6) is 5.75 Å². The van der Waals surface area contributed by atoms with E-state index in [1.165, 1.54) is 18.2 Å². The van der Waals surface area contributed by atoms with Gasteiger partial charge in [-0.15, -0.1) is 0 Å². The highest BCUT2D eigenvalue weighted by Gasteiger charge is 2.35. The van der Waals surface area contributed by atoms with Crippen LogP contribution >= 0.6 is 0 Å². The summed E-state index contributed by atoms with van der Waals surface area (Å²) in [5.74, 6) is -1.33. The molecule has 2 amide bonds. The summed E-state index contributed by atoms with van der Waals surface area (Å²) in [6.45, 7) is 2.47. The van der Waals surface area contributed by atoms with Crippen LogP contribution in [0.4, 0.5) is 23.8 Å². The lowest BCUT2D eigenvalue weighted by Gasteiger charge is -2.13. The Morgan fingerprint density at radius 1 is 1.03 bits per heavy atom. The molecule has 0 saturated carbocycles. The second-order valence-corrected chi connectivity index (χ2v) is 7.41. The molecule has 12 heteroatoms. The molecule has 3 aromatic rings. The lowest BCUT2D eigenvalue weighted by Crippen LogP contribution is -2.40. The number of rotatable bonds is 10. The number of urea groups is 1. The van der Waals surface area contributed by atoms with Crippen LogP contribution < -0.4 is 20.9 Å². The summed E-state index contributed by atoms with van der Waals surface area (Å²) in [5, 5.41) is 2.69. The summed E-state index contributed by atoms with van der Waals surface area (Å²) < 4.78 is 49.8. The number of hydrogen-bond donors (Lipinski definition) is 3. The third kappa shape index (κ3) is 8.02. The Kier molecular flexibility index (Phi) is 8.65. The molecule has 3 rings (SSSR count). The fraction of sp³-hybridized carbons (Fsp3) is 0.304. The predicted molar refractivity (Wildman–Crippen MR) is 122 cm³/mol. The minimum Gasteiger partial charge on any atom is -0.493 e. The Labute approximate surface area is 199 Å². The quantitative estimate of drug-likeness (QED) is 0.223. The molecule has 0 saturated heterocycles. The summed E-state index contributed by atoms with van der Waals surface area (Å²) >= 11 is 0. The number of benzene rings is 2. The molecule has 2 aromatic carbocycles. The maximum Gasteiger partial charge on any atom is 0.451 e. The molecule has 0 spiro atoms. The predicted octanol–water partition coefficient (Wildman–Crippen LogP) is 3.99. The van der Waals surface area contributed by atoms with Gasteiger partial charge in [0.25, 0.3) is 0 Å². The van der Waals surface area contributed by atoms with E-state index >= 15 is 0 Å². The van der Waals surface area contributed by atoms with Gasteiger partial charge < -0.3 is 14.8 Å². The fourth-order valence-corrected chi connectivity index (χ4v) is 2.95. The van der Waals surface area contributed by atoms with E-state index in [2.05, 4.69) is 26.1 Å². The maximum absolute atomic E-state index is 13.1. The zero-order valence-corrected chi connectivity index (χ0v) is 18.8. The first-order chi connectivity index (χ1) is 16.7. The van der Waals surface area contributed by atoms with E-state index in [0.29, 0.717) is 13.0 Å². The molecule has 3 N–H and O–H groups in total. The molecule has 9 nitrogen and oxygen atoms in total. The van der Waals surface area contributed by atoms with Crippen LogP contribution in [0.25, 0.3) is 10.9 Å². The van der Waals surface area contributed by atoms with Gasteiger partial charge in [0.05, 0.1) is 25.2 Å². The number of aryl methyl sites for hydroxylation is 1. The first-order valence-electron chi connectivity index (χ1n) is 10.7. The zero-order valence-electron chi connectivity index (χ0n) is 18.8. The lowest BCUT2D eigenvalue weighted by atomic mass is 10.2. The second-order valence-electron chi connectivity index (χ2n) is 7.41. The molecular formula is C23H24F3N5O4. The number of aromatic nitrogens is 2. The van der Waals surface area contributed by atoms with Gasteiger partial charge in [-0.05, 0) is 36.8 Å². The molecule has 0 unspecified atom stereocenters. The van der Waals surface area contributed by atoms with Crippen molar-refractivity contribution in [3.63, 3.8) is 0 Å². The van der Waals surface area contributed by atoms with E-state index in [1.807, 2.05) is 31.2 Å². The number of fused-ring (bicyclic) bond motifs is 1. The van der Waals surface area contributed by atoms with Crippen molar-refractivity contribution in [1.29, 1.82) is 0 Å². The maximum atomic E-state index is 13.1. The van der Waals surface area contributed by atoms with E-state index in [0.717, 1.165) is 11.3 Å². The van der Waals surface area contributed by atoms with Gasteiger partial charge in [-0.3, -0.25) is 15.6 Å². The molecule has 0 aliphatic rings. The van der Waals surface area contributed by atoms with Crippen LogP contribution in [0.15, 0.2) is 48.5 Å². The molecule has 0 aliphatic heterocycles. The highest BCUT2D eigenvalue weighted by molar-refractivity contribution is 5.90. The monoisotopic (exact) mass is 491 g/mol. The minimum atomic E-state index is -4.75. The van der Waals surface area contributed by atoms with Crippen molar-refractivity contribution in [3.05, 3.63) is 59.9 Å². The number of esters is 1. The molecule has 0 atom stereocenters. The summed E-state index contributed by atoms with van der Waals surface area (Å²) in [5.41, 5.74) is 5.70. The number of nitrogens with one attached hydrogen (secondary N) is 3. The molecule has 35 heavy (non-hydrogen) atoms. The number of nitrogens with zero attached hydrogens (tertiary/aromatic N) is 2. The Hall–Kier alpha value is -4.09. The fourth-order valence-electron chi connectivity index (χ4n) is 2.95. The van der Waals surface area contributed by atoms with E-state index < -0.39 is 24.0 Å². The first-order valence-corrected chi connectivity index (χ1v) is 10.7. The van der Waals surface area contributed by atoms with Gasteiger partial charge in [0, 0.05) is 18.4 Å². The number of hydrogen-bond acceptors (Lipinski definition) is 7. The highest BCUT2D eigenvalue weighted by atomic mass is 19.4. The van der Waals surface area contributed by atoms with Crippen molar-refractivity contribution in [2.45, 2.75) is 25.9 Å². The van der Waals surface area contributed by atoms with Crippen LogP contribution in [-0.4, -0.2) is 41.7 Å². The van der Waals surface area contributed by atoms with Gasteiger partial charge in [-0.1, -0.05) is 24.3 Å². The zero-order chi connectivity index (χ0) is 25.3. The van der Waals surface area contributed by atoms with E-state index in [9.17, 15) is 22.8 Å². The van der Waals surface area contributed by atoms with E-state index in [-0.39, 0.29) is 36.3 Å². The van der Waals surface area contributed by atoms with Crippen molar-refractivity contribution in [1.82, 2.24) is 20.7 Å². The van der Waals surface area contributed by atoms with Gasteiger partial charge in [0.1, 0.15) is 5.75 Å². The number of amides is 2. The summed E-state index contributed by atoms with van der Waals surface area (Å²) in [6.07, 6.45) is -4.33. The lowest BCUT2D eigenvalue weighted by molar-refractivity contribution is -0.145. The van der Waals surface area contributed by atoms with E-state index in [1.54, 1.807) is 6.07 Å². The first kappa shape index (κ1) is 25.5. The number of anilines is 1. The average Bonchev–Trinajstić information content (AvgIpc) is 2.81.